The molecular weight excluding hydrogens is 410 g/mol. The topological polar surface area (TPSA) is 79.6 Å². The zero-order chi connectivity index (χ0) is 18.6. The lowest BCUT2D eigenvalue weighted by atomic mass is 9.86. The maximum absolute atomic E-state index is 12.9. The summed E-state index contributed by atoms with van der Waals surface area (Å²) in [6.07, 6.45) is 5.46. The zero-order valence-electron chi connectivity index (χ0n) is 14.4. The number of nitrogens with zero attached hydrogens (tertiary/aromatic N) is 4. The van der Waals surface area contributed by atoms with Gasteiger partial charge in [-0.25, -0.2) is 9.50 Å². The molecule has 0 bridgehead atoms. The van der Waals surface area contributed by atoms with Crippen LogP contribution in [0.4, 0.5) is 5.82 Å². The van der Waals surface area contributed by atoms with Crippen molar-refractivity contribution in [1.29, 1.82) is 0 Å². The average Bonchev–Trinajstić information content (AvgIpc) is 3.26. The first kappa shape index (κ1) is 16.4. The van der Waals surface area contributed by atoms with Crippen molar-refractivity contribution in [1.82, 2.24) is 19.5 Å². The molecule has 1 N–H and O–H groups in total. The van der Waals surface area contributed by atoms with Crippen molar-refractivity contribution in [3.05, 3.63) is 58.3 Å². The van der Waals surface area contributed by atoms with Crippen LogP contribution in [0.5, 0.6) is 0 Å². The molecule has 3 aromatic rings. The number of rotatable bonds is 3. The fraction of sp³-hybridized carbons (Fsp3) is 0.263. The molecule has 0 saturated heterocycles. The molecular formula is C19H16BrN5O2. The van der Waals surface area contributed by atoms with Gasteiger partial charge < -0.3 is 10.2 Å². The van der Waals surface area contributed by atoms with Gasteiger partial charge in [-0.15, -0.1) is 0 Å². The van der Waals surface area contributed by atoms with Gasteiger partial charge in [-0.05, 0) is 42.7 Å². The van der Waals surface area contributed by atoms with Gasteiger partial charge in [-0.2, -0.15) is 5.10 Å². The van der Waals surface area contributed by atoms with Crippen molar-refractivity contribution < 1.29 is 9.59 Å². The molecule has 8 heteroatoms. The maximum Gasteiger partial charge on any atom is 0.254 e. The lowest BCUT2D eigenvalue weighted by Gasteiger charge is -2.34. The van der Waals surface area contributed by atoms with Gasteiger partial charge in [-0.3, -0.25) is 9.59 Å². The second-order valence-electron chi connectivity index (χ2n) is 7.13. The molecule has 7 nitrogen and oxygen atoms in total. The fourth-order valence-electron chi connectivity index (χ4n) is 3.78. The second kappa shape index (κ2) is 5.88. The number of hydrogen-bond acceptors (Lipinski definition) is 4. The molecule has 0 unspecified atom stereocenters. The normalized spacial score (nSPS) is 17.2. The Labute approximate surface area is 163 Å². The highest BCUT2D eigenvalue weighted by atomic mass is 79.9. The number of carbonyl (C=O) groups is 2. The van der Waals surface area contributed by atoms with Crippen molar-refractivity contribution in [2.75, 3.05) is 18.4 Å². The second-order valence-corrected chi connectivity index (χ2v) is 8.04. The van der Waals surface area contributed by atoms with Gasteiger partial charge in [0, 0.05) is 34.3 Å². The predicted molar refractivity (Wildman–Crippen MR) is 103 cm³/mol. The lowest BCUT2D eigenvalue weighted by molar-refractivity contribution is -0.117. The molecule has 1 fully saturated rings. The number of amides is 2. The molecule has 0 radical (unpaired) electrons. The minimum atomic E-state index is -0.254. The van der Waals surface area contributed by atoms with Gasteiger partial charge in [0.2, 0.25) is 5.91 Å². The summed E-state index contributed by atoms with van der Waals surface area (Å²) >= 11 is 3.49. The van der Waals surface area contributed by atoms with Gasteiger partial charge >= 0.3 is 0 Å². The van der Waals surface area contributed by atoms with E-state index in [4.69, 9.17) is 0 Å². The number of fused-ring (bicyclic) bond motifs is 3. The first-order valence-corrected chi connectivity index (χ1v) is 9.53. The van der Waals surface area contributed by atoms with E-state index in [1.807, 2.05) is 18.2 Å². The number of benzene rings is 1. The number of aromatic nitrogens is 3. The molecule has 2 amide bonds. The van der Waals surface area contributed by atoms with E-state index in [1.165, 1.54) is 0 Å². The smallest absolute Gasteiger partial charge is 0.254 e. The minimum absolute atomic E-state index is 0.00205. The summed E-state index contributed by atoms with van der Waals surface area (Å²) in [5, 5.41) is 6.86. The van der Waals surface area contributed by atoms with Crippen molar-refractivity contribution in [3.8, 4) is 0 Å². The number of nitrogens with one attached hydrogen (secondary N) is 1. The average molecular weight is 426 g/mol. The van der Waals surface area contributed by atoms with E-state index < -0.39 is 0 Å². The van der Waals surface area contributed by atoms with Crippen molar-refractivity contribution >= 4 is 39.2 Å². The summed E-state index contributed by atoms with van der Waals surface area (Å²) in [4.78, 5) is 31.4. The van der Waals surface area contributed by atoms with Gasteiger partial charge in [0.25, 0.3) is 5.91 Å². The Morgan fingerprint density at radius 3 is 2.93 bits per heavy atom. The molecule has 2 aromatic heterocycles. The van der Waals surface area contributed by atoms with E-state index >= 15 is 0 Å². The van der Waals surface area contributed by atoms with Crippen LogP contribution in [0, 0.1) is 0 Å². The van der Waals surface area contributed by atoms with Crippen LogP contribution in [0.2, 0.25) is 0 Å². The molecule has 136 valence electrons. The maximum atomic E-state index is 12.9. The summed E-state index contributed by atoms with van der Waals surface area (Å²) in [7, 11) is 0. The lowest BCUT2D eigenvalue weighted by Crippen LogP contribution is -2.46. The van der Waals surface area contributed by atoms with Gasteiger partial charge in [0.1, 0.15) is 12.4 Å². The number of anilines is 1. The minimum Gasteiger partial charge on any atom is -0.328 e. The van der Waals surface area contributed by atoms with Crippen molar-refractivity contribution in [2.45, 2.75) is 18.3 Å². The Bertz CT molecular complexity index is 1090. The van der Waals surface area contributed by atoms with Crippen LogP contribution in [-0.2, 0) is 10.2 Å². The van der Waals surface area contributed by atoms with Crippen LogP contribution in [-0.4, -0.2) is 44.4 Å². The predicted octanol–water partition coefficient (Wildman–Crippen LogP) is 2.62. The summed E-state index contributed by atoms with van der Waals surface area (Å²) in [5.41, 5.74) is 2.46. The molecule has 1 saturated carbocycles. The molecule has 1 aliphatic carbocycles. The summed E-state index contributed by atoms with van der Waals surface area (Å²) in [6.45, 7) is 0.597. The Morgan fingerprint density at radius 1 is 1.26 bits per heavy atom. The highest BCUT2D eigenvalue weighted by Crippen LogP contribution is 2.52. The van der Waals surface area contributed by atoms with E-state index in [0.29, 0.717) is 23.6 Å². The summed E-state index contributed by atoms with van der Waals surface area (Å²) in [6, 6.07) is 9.21. The number of halogens is 1. The monoisotopic (exact) mass is 425 g/mol. The summed E-state index contributed by atoms with van der Waals surface area (Å²) in [5.74, 6) is 0.100. The van der Waals surface area contributed by atoms with Crippen LogP contribution < -0.4 is 5.32 Å². The number of hydrogen-bond donors (Lipinski definition) is 1. The van der Waals surface area contributed by atoms with E-state index in [1.54, 1.807) is 33.9 Å². The van der Waals surface area contributed by atoms with Crippen LogP contribution in [0.25, 0.3) is 5.65 Å². The Hall–Kier alpha value is -2.74. The third-order valence-electron chi connectivity index (χ3n) is 5.28. The van der Waals surface area contributed by atoms with Gasteiger partial charge in [0.15, 0.2) is 5.65 Å². The Balaban J connectivity index is 1.35. The highest BCUT2D eigenvalue weighted by molar-refractivity contribution is 9.10. The van der Waals surface area contributed by atoms with Crippen LogP contribution >= 0.6 is 15.9 Å². The van der Waals surface area contributed by atoms with Crippen LogP contribution in [0.3, 0.4) is 0 Å². The largest absolute Gasteiger partial charge is 0.328 e. The Kier molecular flexibility index (Phi) is 3.58. The SMILES string of the molecule is O=C(CN1CC2(CC2)c2cc(Br)ccc2C1=O)Nc1ccn2nccc2n1. The van der Waals surface area contributed by atoms with Gasteiger partial charge in [0.05, 0.1) is 6.20 Å². The molecule has 3 heterocycles. The van der Waals surface area contributed by atoms with Crippen molar-refractivity contribution in [2.24, 2.45) is 0 Å². The molecule has 0 atom stereocenters. The number of carbonyl (C=O) groups excluding carboxylic acids is 2. The third-order valence-corrected chi connectivity index (χ3v) is 5.77. The molecule has 5 rings (SSSR count). The fourth-order valence-corrected chi connectivity index (χ4v) is 4.14. The third kappa shape index (κ3) is 2.80. The molecule has 27 heavy (non-hydrogen) atoms. The van der Waals surface area contributed by atoms with E-state index in [2.05, 4.69) is 31.3 Å². The molecule has 1 spiro atoms. The van der Waals surface area contributed by atoms with Gasteiger partial charge in [-0.1, -0.05) is 15.9 Å². The van der Waals surface area contributed by atoms with Crippen LogP contribution in [0.1, 0.15) is 28.8 Å². The highest BCUT2D eigenvalue weighted by Gasteiger charge is 2.51. The summed E-state index contributed by atoms with van der Waals surface area (Å²) < 4.78 is 2.60. The zero-order valence-corrected chi connectivity index (χ0v) is 15.9. The molecule has 1 aromatic carbocycles. The van der Waals surface area contributed by atoms with Crippen molar-refractivity contribution in [3.63, 3.8) is 0 Å². The van der Waals surface area contributed by atoms with Crippen LogP contribution in [0.15, 0.2) is 47.2 Å². The van der Waals surface area contributed by atoms with E-state index in [-0.39, 0.29) is 23.8 Å². The quantitative estimate of drug-likeness (QED) is 0.699. The first-order valence-electron chi connectivity index (χ1n) is 8.74. The molecule has 1 aliphatic heterocycles. The van der Waals surface area contributed by atoms with E-state index in [0.717, 1.165) is 22.9 Å². The molecule has 2 aliphatic rings. The van der Waals surface area contributed by atoms with E-state index in [9.17, 15) is 9.59 Å². The first-order chi connectivity index (χ1) is 13.0. The standard InChI is InChI=1S/C19H16BrN5O2/c20-12-1-2-13-14(9-12)19(5-6-19)11-24(18(13)27)10-17(26)23-15-4-8-25-16(22-15)3-7-21-25/h1-4,7-9H,5-6,10-11H2,(H,22,23,26). The Morgan fingerprint density at radius 2 is 2.11 bits per heavy atom.